The largest absolute Gasteiger partial charge is 0.299 e. The number of benzene rings is 1. The first-order valence-corrected chi connectivity index (χ1v) is 10.5. The first-order valence-electron chi connectivity index (χ1n) is 8.73. The van der Waals surface area contributed by atoms with E-state index in [0.717, 1.165) is 5.69 Å². The lowest BCUT2D eigenvalue weighted by Crippen LogP contribution is -2.25. The molecule has 26 heavy (non-hydrogen) atoms. The van der Waals surface area contributed by atoms with Gasteiger partial charge in [0.05, 0.1) is 28.8 Å². The van der Waals surface area contributed by atoms with Gasteiger partial charge in [-0.15, -0.1) is 0 Å². The molecule has 6 nitrogen and oxygen atoms in total. The molecule has 3 rings (SSSR count). The van der Waals surface area contributed by atoms with Crippen molar-refractivity contribution in [1.29, 1.82) is 0 Å². The Morgan fingerprint density at radius 3 is 2.42 bits per heavy atom. The van der Waals surface area contributed by atoms with E-state index < -0.39 is 9.84 Å². The van der Waals surface area contributed by atoms with E-state index in [-0.39, 0.29) is 28.5 Å². The van der Waals surface area contributed by atoms with E-state index in [4.69, 9.17) is 0 Å². The molecule has 0 bridgehead atoms. The molecule has 1 atom stereocenters. The number of H-pyrrole nitrogens is 1. The van der Waals surface area contributed by atoms with Crippen molar-refractivity contribution in [3.63, 3.8) is 0 Å². The smallest absolute Gasteiger partial charge is 0.275 e. The van der Waals surface area contributed by atoms with E-state index in [2.05, 4.69) is 30.9 Å². The normalized spacial score (nSPS) is 20.1. The van der Waals surface area contributed by atoms with Crippen LogP contribution < -0.4 is 5.56 Å². The van der Waals surface area contributed by atoms with Gasteiger partial charge in [0, 0.05) is 11.9 Å². The van der Waals surface area contributed by atoms with E-state index in [9.17, 15) is 13.2 Å². The standard InChI is InChI=1S/C19H25N3O3S/c1-13-17(11-20-15-7-5-14(6-8-15)19(2,3)4)18(23)22(21-13)16-9-10-26(24,25)12-16/h5-8,11,16,21H,9-10,12H2,1-4H3/t16-/m1/s1. The first-order chi connectivity index (χ1) is 12.1. The monoisotopic (exact) mass is 375 g/mol. The van der Waals surface area contributed by atoms with Crippen molar-refractivity contribution < 1.29 is 8.42 Å². The van der Waals surface area contributed by atoms with Crippen molar-refractivity contribution in [2.75, 3.05) is 11.5 Å². The summed E-state index contributed by atoms with van der Waals surface area (Å²) in [5, 5.41) is 3.01. The zero-order valence-corrected chi connectivity index (χ0v) is 16.4. The molecule has 1 N–H and O–H groups in total. The van der Waals surface area contributed by atoms with E-state index >= 15 is 0 Å². The number of aromatic amines is 1. The maximum atomic E-state index is 12.6. The van der Waals surface area contributed by atoms with E-state index in [0.29, 0.717) is 17.7 Å². The van der Waals surface area contributed by atoms with Gasteiger partial charge in [0.15, 0.2) is 9.84 Å². The van der Waals surface area contributed by atoms with Crippen LogP contribution in [0.3, 0.4) is 0 Å². The van der Waals surface area contributed by atoms with Crippen molar-refractivity contribution in [3.8, 4) is 0 Å². The quantitative estimate of drug-likeness (QED) is 0.837. The fraction of sp³-hybridized carbons (Fsp3) is 0.474. The molecule has 1 aromatic heterocycles. The Hall–Kier alpha value is -2.15. The van der Waals surface area contributed by atoms with Crippen molar-refractivity contribution >= 4 is 21.7 Å². The van der Waals surface area contributed by atoms with Gasteiger partial charge in [-0.1, -0.05) is 32.9 Å². The Kier molecular flexibility index (Phi) is 4.69. The molecule has 1 aromatic carbocycles. The molecular weight excluding hydrogens is 350 g/mol. The molecule has 7 heteroatoms. The molecule has 140 valence electrons. The maximum absolute atomic E-state index is 12.6. The Morgan fingerprint density at radius 2 is 1.88 bits per heavy atom. The number of rotatable bonds is 3. The highest BCUT2D eigenvalue weighted by atomic mass is 32.2. The van der Waals surface area contributed by atoms with E-state index in [1.54, 1.807) is 13.1 Å². The summed E-state index contributed by atoms with van der Waals surface area (Å²) in [5.41, 5.74) is 3.00. The molecule has 0 amide bonds. The number of aryl methyl sites for hydroxylation is 1. The second-order valence-electron chi connectivity index (χ2n) is 7.94. The van der Waals surface area contributed by atoms with Crippen molar-refractivity contribution in [2.24, 2.45) is 4.99 Å². The lowest BCUT2D eigenvalue weighted by Gasteiger charge is -2.18. The van der Waals surface area contributed by atoms with Crippen LogP contribution in [0, 0.1) is 6.92 Å². The summed E-state index contributed by atoms with van der Waals surface area (Å²) < 4.78 is 24.8. The number of hydrogen-bond acceptors (Lipinski definition) is 4. The third kappa shape index (κ3) is 3.82. The molecule has 0 unspecified atom stereocenters. The van der Waals surface area contributed by atoms with Crippen LogP contribution in [0.4, 0.5) is 5.69 Å². The molecule has 0 aliphatic carbocycles. The highest BCUT2D eigenvalue weighted by Crippen LogP contribution is 2.25. The highest BCUT2D eigenvalue weighted by Gasteiger charge is 2.31. The lowest BCUT2D eigenvalue weighted by molar-refractivity contribution is 0.483. The Labute approximate surface area is 153 Å². The summed E-state index contributed by atoms with van der Waals surface area (Å²) in [4.78, 5) is 17.1. The fourth-order valence-electron chi connectivity index (χ4n) is 3.16. The van der Waals surface area contributed by atoms with Crippen LogP contribution in [-0.4, -0.2) is 35.9 Å². The lowest BCUT2D eigenvalue weighted by atomic mass is 9.87. The molecule has 2 aromatic rings. The number of nitrogens with zero attached hydrogens (tertiary/aromatic N) is 2. The minimum absolute atomic E-state index is 0.0116. The predicted molar refractivity (Wildman–Crippen MR) is 104 cm³/mol. The van der Waals surface area contributed by atoms with Gasteiger partial charge in [0.25, 0.3) is 5.56 Å². The first kappa shape index (κ1) is 18.6. The molecule has 1 fully saturated rings. The molecule has 1 aliphatic heterocycles. The number of hydrogen-bond donors (Lipinski definition) is 1. The predicted octanol–water partition coefficient (Wildman–Crippen LogP) is 2.89. The van der Waals surface area contributed by atoms with Crippen molar-refractivity contribution in [3.05, 3.63) is 51.4 Å². The maximum Gasteiger partial charge on any atom is 0.275 e. The minimum atomic E-state index is -3.05. The van der Waals surface area contributed by atoms with Gasteiger partial charge in [-0.05, 0) is 36.5 Å². The summed E-state index contributed by atoms with van der Waals surface area (Å²) in [7, 11) is -3.05. The average molecular weight is 375 g/mol. The van der Waals surface area contributed by atoms with Crippen LogP contribution in [0.15, 0.2) is 34.1 Å². The summed E-state index contributed by atoms with van der Waals surface area (Å²) >= 11 is 0. The number of aromatic nitrogens is 2. The average Bonchev–Trinajstić information content (AvgIpc) is 3.04. The highest BCUT2D eigenvalue weighted by molar-refractivity contribution is 7.91. The van der Waals surface area contributed by atoms with Gasteiger partial charge in [0.2, 0.25) is 0 Å². The summed E-state index contributed by atoms with van der Waals surface area (Å²) in [6.07, 6.45) is 2.02. The van der Waals surface area contributed by atoms with Crippen LogP contribution in [-0.2, 0) is 15.3 Å². The third-order valence-electron chi connectivity index (χ3n) is 4.79. The van der Waals surface area contributed by atoms with Gasteiger partial charge >= 0.3 is 0 Å². The van der Waals surface area contributed by atoms with Crippen molar-refractivity contribution in [2.45, 2.75) is 45.6 Å². The summed E-state index contributed by atoms with van der Waals surface area (Å²) in [6, 6.07) is 7.62. The van der Waals surface area contributed by atoms with Crippen LogP contribution in [0.25, 0.3) is 0 Å². The summed E-state index contributed by atoms with van der Waals surface area (Å²) in [6.45, 7) is 8.26. The molecule has 0 spiro atoms. The Bertz CT molecular complexity index is 990. The van der Waals surface area contributed by atoms with Gasteiger partial charge in [-0.3, -0.25) is 14.9 Å². The third-order valence-corrected chi connectivity index (χ3v) is 6.54. The SMILES string of the molecule is Cc1[nH]n([C@@H]2CCS(=O)(=O)C2)c(=O)c1C=Nc1ccc(C(C)(C)C)cc1. The van der Waals surface area contributed by atoms with Gasteiger partial charge in [-0.25, -0.2) is 13.1 Å². The topological polar surface area (TPSA) is 84.3 Å². The summed E-state index contributed by atoms with van der Waals surface area (Å²) in [5.74, 6) is 0.142. The van der Waals surface area contributed by atoms with Crippen molar-refractivity contribution in [1.82, 2.24) is 9.78 Å². The zero-order chi connectivity index (χ0) is 19.1. The molecule has 2 heterocycles. The van der Waals surface area contributed by atoms with E-state index in [1.165, 1.54) is 10.2 Å². The van der Waals surface area contributed by atoms with Gasteiger partial charge < -0.3 is 0 Å². The van der Waals surface area contributed by atoms with Crippen LogP contribution in [0.2, 0.25) is 0 Å². The second kappa shape index (κ2) is 6.54. The minimum Gasteiger partial charge on any atom is -0.299 e. The molecule has 1 saturated heterocycles. The Morgan fingerprint density at radius 1 is 1.23 bits per heavy atom. The Balaban J connectivity index is 1.84. The van der Waals surface area contributed by atoms with Crippen LogP contribution >= 0.6 is 0 Å². The number of sulfone groups is 1. The fourth-order valence-corrected chi connectivity index (χ4v) is 4.86. The number of aliphatic imine (C=N–C) groups is 1. The molecular formula is C19H25N3O3S. The van der Waals surface area contributed by atoms with Crippen LogP contribution in [0.1, 0.15) is 50.1 Å². The van der Waals surface area contributed by atoms with Gasteiger partial charge in [0.1, 0.15) is 0 Å². The second-order valence-corrected chi connectivity index (χ2v) is 10.2. The molecule has 1 aliphatic rings. The molecule has 0 radical (unpaired) electrons. The van der Waals surface area contributed by atoms with E-state index in [1.807, 2.05) is 24.3 Å². The molecule has 0 saturated carbocycles. The zero-order valence-electron chi connectivity index (χ0n) is 15.6. The van der Waals surface area contributed by atoms with Crippen LogP contribution in [0.5, 0.6) is 0 Å². The number of nitrogens with one attached hydrogen (secondary N) is 1. The van der Waals surface area contributed by atoms with Gasteiger partial charge in [-0.2, -0.15) is 0 Å².